The van der Waals surface area contributed by atoms with E-state index in [4.69, 9.17) is 4.98 Å². The van der Waals surface area contributed by atoms with Crippen molar-refractivity contribution in [1.29, 1.82) is 0 Å². The number of aryl methyl sites for hydroxylation is 2. The van der Waals surface area contributed by atoms with Crippen LogP contribution < -0.4 is 10.2 Å². The molecule has 2 rings (SSSR count). The number of hydrogen-bond donors (Lipinski definition) is 1. The third-order valence-corrected chi connectivity index (χ3v) is 4.56. The number of rotatable bonds is 7. The average Bonchev–Trinajstić information content (AvgIpc) is 3.23. The van der Waals surface area contributed by atoms with Crippen molar-refractivity contribution in [3.63, 3.8) is 0 Å². The summed E-state index contributed by atoms with van der Waals surface area (Å²) in [6.45, 7) is 13.1. The van der Waals surface area contributed by atoms with Gasteiger partial charge < -0.3 is 10.2 Å². The van der Waals surface area contributed by atoms with Crippen LogP contribution in [0.4, 0.5) is 5.82 Å². The monoisotopic (exact) mass is 289 g/mol. The molecule has 0 bridgehead atoms. The van der Waals surface area contributed by atoms with Crippen LogP contribution in [-0.2, 0) is 6.54 Å². The quantitative estimate of drug-likeness (QED) is 0.830. The highest BCUT2D eigenvalue weighted by molar-refractivity contribution is 5.52. The van der Waals surface area contributed by atoms with Crippen LogP contribution in [0.1, 0.15) is 50.4 Å². The van der Waals surface area contributed by atoms with E-state index in [1.807, 2.05) is 0 Å². The second-order valence-electron chi connectivity index (χ2n) is 7.10. The first-order valence-electron chi connectivity index (χ1n) is 8.30. The number of nitrogens with zero attached hydrogens (tertiary/aromatic N) is 2. The maximum Gasteiger partial charge on any atom is 0.133 e. The minimum absolute atomic E-state index is 0.586. The first-order chi connectivity index (χ1) is 9.90. The second kappa shape index (κ2) is 6.78. The molecule has 0 radical (unpaired) electrons. The Hall–Kier alpha value is -1.09. The molecule has 118 valence electrons. The number of nitrogens with one attached hydrogen (secondary N) is 1. The zero-order valence-electron chi connectivity index (χ0n) is 14.5. The Balaban J connectivity index is 2.20. The third-order valence-electron chi connectivity index (χ3n) is 4.56. The molecule has 0 spiro atoms. The molecule has 1 atom stereocenters. The molecular formula is C18H31N3. The fourth-order valence-electron chi connectivity index (χ4n) is 2.93. The van der Waals surface area contributed by atoms with Gasteiger partial charge in [0.2, 0.25) is 0 Å². The van der Waals surface area contributed by atoms with Gasteiger partial charge in [0.25, 0.3) is 0 Å². The van der Waals surface area contributed by atoms with E-state index in [-0.39, 0.29) is 0 Å². The molecule has 1 heterocycles. The molecular weight excluding hydrogens is 258 g/mol. The lowest BCUT2D eigenvalue weighted by Gasteiger charge is -2.29. The lowest BCUT2D eigenvalue weighted by molar-refractivity contribution is 0.547. The summed E-state index contributed by atoms with van der Waals surface area (Å²) in [4.78, 5) is 7.24. The number of pyridine rings is 1. The van der Waals surface area contributed by atoms with E-state index in [9.17, 15) is 0 Å². The molecule has 21 heavy (non-hydrogen) atoms. The van der Waals surface area contributed by atoms with Gasteiger partial charge in [-0.05, 0) is 63.6 Å². The predicted molar refractivity (Wildman–Crippen MR) is 90.8 cm³/mol. The topological polar surface area (TPSA) is 28.2 Å². The normalized spacial score (nSPS) is 16.3. The molecule has 1 aromatic rings. The zero-order valence-corrected chi connectivity index (χ0v) is 14.5. The van der Waals surface area contributed by atoms with Gasteiger partial charge in [0.05, 0.1) is 0 Å². The predicted octanol–water partition coefficient (Wildman–Crippen LogP) is 3.68. The third kappa shape index (κ3) is 4.19. The van der Waals surface area contributed by atoms with Gasteiger partial charge >= 0.3 is 0 Å². The Morgan fingerprint density at radius 3 is 2.52 bits per heavy atom. The highest BCUT2D eigenvalue weighted by Gasteiger charge is 2.32. The van der Waals surface area contributed by atoms with Crippen molar-refractivity contribution in [3.8, 4) is 0 Å². The molecule has 0 aromatic carbocycles. The average molecular weight is 289 g/mol. The molecule has 0 amide bonds. The summed E-state index contributed by atoms with van der Waals surface area (Å²) in [6.07, 6.45) is 2.74. The summed E-state index contributed by atoms with van der Waals surface area (Å²) >= 11 is 0. The van der Waals surface area contributed by atoms with Crippen LogP contribution >= 0.6 is 0 Å². The second-order valence-corrected chi connectivity index (χ2v) is 7.10. The van der Waals surface area contributed by atoms with E-state index < -0.39 is 0 Å². The summed E-state index contributed by atoms with van der Waals surface area (Å²) < 4.78 is 0. The first-order valence-corrected chi connectivity index (χ1v) is 8.30. The molecule has 3 nitrogen and oxygen atoms in total. The van der Waals surface area contributed by atoms with Crippen molar-refractivity contribution >= 4 is 5.82 Å². The van der Waals surface area contributed by atoms with Crippen molar-refractivity contribution in [3.05, 3.63) is 22.9 Å². The number of hydrogen-bond acceptors (Lipinski definition) is 3. The van der Waals surface area contributed by atoms with Crippen molar-refractivity contribution in [2.75, 3.05) is 18.5 Å². The van der Waals surface area contributed by atoms with E-state index in [2.05, 4.69) is 57.9 Å². The van der Waals surface area contributed by atoms with Crippen molar-refractivity contribution in [2.24, 2.45) is 11.8 Å². The van der Waals surface area contributed by atoms with E-state index in [1.54, 1.807) is 0 Å². The number of aromatic nitrogens is 1. The minimum atomic E-state index is 0.586. The summed E-state index contributed by atoms with van der Waals surface area (Å²) in [7, 11) is 2.20. The molecule has 1 aliphatic rings. The van der Waals surface area contributed by atoms with Gasteiger partial charge in [0.1, 0.15) is 5.82 Å². The molecule has 1 N–H and O–H groups in total. The standard InChI is InChI=1S/C18H31N3/c1-12(2)10-19-11-17-13(3)9-14(4)20-18(17)21(6)15(5)16-7-8-16/h9,12,15-16,19H,7-8,10-11H2,1-6H3. The maximum atomic E-state index is 4.85. The SMILES string of the molecule is Cc1cc(C)c(CNCC(C)C)c(N(C)C(C)C2CC2)n1. The van der Waals surface area contributed by atoms with Gasteiger partial charge in [0, 0.05) is 30.9 Å². The lowest BCUT2D eigenvalue weighted by Crippen LogP contribution is -2.33. The Bertz CT molecular complexity index is 478. The van der Waals surface area contributed by atoms with E-state index in [0.29, 0.717) is 12.0 Å². The van der Waals surface area contributed by atoms with Crippen LogP contribution in [0, 0.1) is 25.7 Å². The van der Waals surface area contributed by atoms with Crippen molar-refractivity contribution in [1.82, 2.24) is 10.3 Å². The van der Waals surface area contributed by atoms with Crippen LogP contribution in [0.15, 0.2) is 6.07 Å². The Labute approximate surface area is 130 Å². The lowest BCUT2D eigenvalue weighted by atomic mass is 10.1. The van der Waals surface area contributed by atoms with Gasteiger partial charge in [-0.15, -0.1) is 0 Å². The van der Waals surface area contributed by atoms with Gasteiger partial charge in [-0.3, -0.25) is 0 Å². The minimum Gasteiger partial charge on any atom is -0.356 e. The van der Waals surface area contributed by atoms with Gasteiger partial charge in [-0.25, -0.2) is 4.98 Å². The van der Waals surface area contributed by atoms with Gasteiger partial charge in [-0.1, -0.05) is 13.8 Å². The molecule has 1 aromatic heterocycles. The van der Waals surface area contributed by atoms with E-state index in [1.165, 1.54) is 29.8 Å². The smallest absolute Gasteiger partial charge is 0.133 e. The van der Waals surface area contributed by atoms with Crippen molar-refractivity contribution < 1.29 is 0 Å². The van der Waals surface area contributed by atoms with Crippen LogP contribution in [0.5, 0.6) is 0 Å². The van der Waals surface area contributed by atoms with Crippen LogP contribution in [0.25, 0.3) is 0 Å². The molecule has 1 saturated carbocycles. The summed E-state index contributed by atoms with van der Waals surface area (Å²) in [6, 6.07) is 2.79. The Morgan fingerprint density at radius 2 is 1.95 bits per heavy atom. The molecule has 3 heteroatoms. The fraction of sp³-hybridized carbons (Fsp3) is 0.722. The molecule has 1 aliphatic carbocycles. The Kier molecular flexibility index (Phi) is 5.26. The summed E-state index contributed by atoms with van der Waals surface area (Å²) in [5.41, 5.74) is 3.82. The molecule has 1 unspecified atom stereocenters. The number of anilines is 1. The fourth-order valence-corrected chi connectivity index (χ4v) is 2.93. The largest absolute Gasteiger partial charge is 0.356 e. The molecule has 1 fully saturated rings. The van der Waals surface area contributed by atoms with E-state index in [0.717, 1.165) is 24.7 Å². The van der Waals surface area contributed by atoms with Crippen LogP contribution in [-0.4, -0.2) is 24.6 Å². The summed E-state index contributed by atoms with van der Waals surface area (Å²) in [5.74, 6) is 2.70. The molecule has 0 saturated heterocycles. The van der Waals surface area contributed by atoms with Gasteiger partial charge in [-0.2, -0.15) is 0 Å². The van der Waals surface area contributed by atoms with Crippen molar-refractivity contribution in [2.45, 2.75) is 60.0 Å². The Morgan fingerprint density at radius 1 is 1.29 bits per heavy atom. The molecule has 0 aliphatic heterocycles. The van der Waals surface area contributed by atoms with Crippen LogP contribution in [0.2, 0.25) is 0 Å². The highest BCUT2D eigenvalue weighted by Crippen LogP contribution is 2.37. The van der Waals surface area contributed by atoms with Crippen LogP contribution in [0.3, 0.4) is 0 Å². The highest BCUT2D eigenvalue weighted by atomic mass is 15.2. The zero-order chi connectivity index (χ0) is 15.6. The van der Waals surface area contributed by atoms with Gasteiger partial charge in [0.15, 0.2) is 0 Å². The summed E-state index contributed by atoms with van der Waals surface area (Å²) in [5, 5.41) is 3.57. The first kappa shape index (κ1) is 16.3. The maximum absolute atomic E-state index is 4.85. The van der Waals surface area contributed by atoms with E-state index >= 15 is 0 Å².